The highest BCUT2D eigenvalue weighted by molar-refractivity contribution is 6.58. The number of piperazine rings is 1. The summed E-state index contributed by atoms with van der Waals surface area (Å²) in [6, 6.07) is 7.88. The van der Waals surface area contributed by atoms with Crippen molar-refractivity contribution in [2.75, 3.05) is 26.2 Å². The van der Waals surface area contributed by atoms with Gasteiger partial charge in [0, 0.05) is 32.2 Å². The molecular weight excluding hydrogens is 250 g/mol. The molecule has 0 amide bonds. The average Bonchev–Trinajstić information content (AvgIpc) is 2.39. The van der Waals surface area contributed by atoms with Crippen molar-refractivity contribution >= 4 is 25.0 Å². The summed E-state index contributed by atoms with van der Waals surface area (Å²) in [5, 5.41) is 21.4. The molecule has 18 heavy (non-hydrogen) atoms. The third-order valence-corrected chi connectivity index (χ3v) is 3.42. The summed E-state index contributed by atoms with van der Waals surface area (Å²) in [6.07, 6.45) is 0. The van der Waals surface area contributed by atoms with E-state index in [1.54, 1.807) is 12.1 Å². The Balaban J connectivity index is 0.00000162. The second-order valence-corrected chi connectivity index (χ2v) is 4.50. The van der Waals surface area contributed by atoms with Gasteiger partial charge in [-0.05, 0) is 17.9 Å². The van der Waals surface area contributed by atoms with Gasteiger partial charge in [0.1, 0.15) is 0 Å². The maximum absolute atomic E-state index is 9.04. The first-order chi connectivity index (χ1) is 8.18. The summed E-state index contributed by atoms with van der Waals surface area (Å²) in [4.78, 5) is 2.43. The van der Waals surface area contributed by atoms with Gasteiger partial charge in [0.15, 0.2) is 0 Å². The topological polar surface area (TPSA) is 55.7 Å². The second-order valence-electron chi connectivity index (χ2n) is 4.50. The molecule has 0 spiro atoms. The van der Waals surface area contributed by atoms with Crippen LogP contribution in [0.25, 0.3) is 0 Å². The highest BCUT2D eigenvalue weighted by Crippen LogP contribution is 2.19. The van der Waals surface area contributed by atoms with Gasteiger partial charge < -0.3 is 15.4 Å². The molecule has 0 bridgehead atoms. The van der Waals surface area contributed by atoms with E-state index < -0.39 is 7.12 Å². The van der Waals surface area contributed by atoms with Gasteiger partial charge in [0.25, 0.3) is 0 Å². The van der Waals surface area contributed by atoms with Crippen molar-refractivity contribution in [2.24, 2.45) is 0 Å². The van der Waals surface area contributed by atoms with E-state index >= 15 is 0 Å². The number of rotatable bonds is 3. The smallest absolute Gasteiger partial charge is 0.423 e. The molecule has 6 heteroatoms. The highest BCUT2D eigenvalue weighted by atomic mass is 35.5. The van der Waals surface area contributed by atoms with Crippen molar-refractivity contribution in [1.29, 1.82) is 0 Å². The van der Waals surface area contributed by atoms with Gasteiger partial charge in [-0.25, -0.2) is 0 Å². The third-order valence-electron chi connectivity index (χ3n) is 3.42. The van der Waals surface area contributed by atoms with E-state index in [2.05, 4.69) is 17.1 Å². The Bertz CT molecular complexity index is 356. The van der Waals surface area contributed by atoms with Gasteiger partial charge in [-0.15, -0.1) is 12.4 Å². The zero-order valence-corrected chi connectivity index (χ0v) is 11.4. The predicted octanol–water partition coefficient (Wildman–Crippen LogP) is -0.246. The molecule has 1 heterocycles. The molecule has 0 radical (unpaired) electrons. The molecule has 1 aliphatic heterocycles. The Hall–Kier alpha value is -0.585. The molecule has 1 fully saturated rings. The zero-order chi connectivity index (χ0) is 12.3. The van der Waals surface area contributed by atoms with Crippen LogP contribution in [0.3, 0.4) is 0 Å². The lowest BCUT2D eigenvalue weighted by Crippen LogP contribution is -2.44. The van der Waals surface area contributed by atoms with E-state index in [4.69, 9.17) is 10.0 Å². The molecular formula is C12H20BClN2O2. The molecule has 1 aliphatic rings. The second kappa shape index (κ2) is 7.11. The van der Waals surface area contributed by atoms with Gasteiger partial charge in [0.05, 0.1) is 0 Å². The largest absolute Gasteiger partial charge is 0.488 e. The van der Waals surface area contributed by atoms with Crippen molar-refractivity contribution in [3.8, 4) is 0 Å². The first kappa shape index (κ1) is 15.5. The van der Waals surface area contributed by atoms with Crippen LogP contribution >= 0.6 is 12.4 Å². The fourth-order valence-corrected chi connectivity index (χ4v) is 2.23. The summed E-state index contributed by atoms with van der Waals surface area (Å²) < 4.78 is 0. The number of benzene rings is 1. The summed E-state index contributed by atoms with van der Waals surface area (Å²) >= 11 is 0. The van der Waals surface area contributed by atoms with Gasteiger partial charge in [-0.3, -0.25) is 4.90 Å². The highest BCUT2D eigenvalue weighted by Gasteiger charge is 2.18. The van der Waals surface area contributed by atoms with E-state index in [1.807, 2.05) is 12.1 Å². The first-order valence-electron chi connectivity index (χ1n) is 6.09. The molecule has 0 aliphatic carbocycles. The van der Waals surface area contributed by atoms with Gasteiger partial charge in [0.2, 0.25) is 0 Å². The summed E-state index contributed by atoms with van der Waals surface area (Å²) in [5.74, 6) is 0. The molecule has 1 unspecified atom stereocenters. The number of nitrogens with zero attached hydrogens (tertiary/aromatic N) is 1. The summed E-state index contributed by atoms with van der Waals surface area (Å²) in [7, 11) is -1.38. The summed E-state index contributed by atoms with van der Waals surface area (Å²) in [5.41, 5.74) is 1.76. The minimum Gasteiger partial charge on any atom is -0.423 e. The zero-order valence-electron chi connectivity index (χ0n) is 10.5. The molecule has 1 aromatic rings. The van der Waals surface area contributed by atoms with Crippen LogP contribution in [-0.2, 0) is 0 Å². The SMILES string of the molecule is CC(c1ccc(B(O)O)cc1)N1CCNCC1.Cl. The van der Waals surface area contributed by atoms with E-state index in [1.165, 1.54) is 5.56 Å². The predicted molar refractivity (Wildman–Crippen MR) is 76.4 cm³/mol. The van der Waals surface area contributed by atoms with Crippen LogP contribution in [0.1, 0.15) is 18.5 Å². The van der Waals surface area contributed by atoms with Gasteiger partial charge >= 0.3 is 7.12 Å². The van der Waals surface area contributed by atoms with E-state index in [-0.39, 0.29) is 12.4 Å². The maximum Gasteiger partial charge on any atom is 0.488 e. The Labute approximate surface area is 115 Å². The van der Waals surface area contributed by atoms with Gasteiger partial charge in [-0.2, -0.15) is 0 Å². The van der Waals surface area contributed by atoms with Crippen LogP contribution in [-0.4, -0.2) is 48.2 Å². The monoisotopic (exact) mass is 270 g/mol. The van der Waals surface area contributed by atoms with Crippen molar-refractivity contribution in [1.82, 2.24) is 10.2 Å². The molecule has 2 rings (SSSR count). The van der Waals surface area contributed by atoms with Crippen molar-refractivity contribution in [2.45, 2.75) is 13.0 Å². The van der Waals surface area contributed by atoms with Crippen molar-refractivity contribution in [3.63, 3.8) is 0 Å². The molecule has 1 atom stereocenters. The third kappa shape index (κ3) is 3.70. The Morgan fingerprint density at radius 1 is 1.17 bits per heavy atom. The normalized spacial score (nSPS) is 17.9. The number of hydrogen-bond acceptors (Lipinski definition) is 4. The van der Waals surface area contributed by atoms with E-state index in [9.17, 15) is 0 Å². The minimum absolute atomic E-state index is 0. The number of hydrogen-bond donors (Lipinski definition) is 3. The molecule has 3 N–H and O–H groups in total. The standard InChI is InChI=1S/C12H19BN2O2.ClH/c1-10(15-8-6-14-7-9-15)11-2-4-12(5-3-11)13(16)17;/h2-5,10,14,16-17H,6-9H2,1H3;1H. The lowest BCUT2D eigenvalue weighted by molar-refractivity contribution is 0.185. The van der Waals surface area contributed by atoms with E-state index in [0.29, 0.717) is 11.5 Å². The Kier molecular flexibility index (Phi) is 6.12. The lowest BCUT2D eigenvalue weighted by Gasteiger charge is -2.33. The first-order valence-corrected chi connectivity index (χ1v) is 6.09. The van der Waals surface area contributed by atoms with Crippen LogP contribution in [0, 0.1) is 0 Å². The Morgan fingerprint density at radius 2 is 1.72 bits per heavy atom. The molecule has 0 saturated carbocycles. The van der Waals surface area contributed by atoms with Crippen LogP contribution in [0.15, 0.2) is 24.3 Å². The lowest BCUT2D eigenvalue weighted by atomic mass is 9.80. The van der Waals surface area contributed by atoms with Crippen molar-refractivity contribution < 1.29 is 10.0 Å². The van der Waals surface area contributed by atoms with E-state index in [0.717, 1.165) is 26.2 Å². The molecule has 100 valence electrons. The van der Waals surface area contributed by atoms with Crippen LogP contribution in [0.4, 0.5) is 0 Å². The van der Waals surface area contributed by atoms with Gasteiger partial charge in [-0.1, -0.05) is 24.3 Å². The van der Waals surface area contributed by atoms with Crippen LogP contribution in [0.5, 0.6) is 0 Å². The number of halogens is 1. The maximum atomic E-state index is 9.04. The van der Waals surface area contributed by atoms with Crippen LogP contribution < -0.4 is 10.8 Å². The molecule has 1 aromatic carbocycles. The summed E-state index contributed by atoms with van der Waals surface area (Å²) in [6.45, 7) is 6.39. The number of nitrogens with one attached hydrogen (secondary N) is 1. The molecule has 4 nitrogen and oxygen atoms in total. The molecule has 1 saturated heterocycles. The minimum atomic E-state index is -1.38. The quantitative estimate of drug-likeness (QED) is 0.663. The fraction of sp³-hybridized carbons (Fsp3) is 0.500. The van der Waals surface area contributed by atoms with Crippen LogP contribution in [0.2, 0.25) is 0 Å². The Morgan fingerprint density at radius 3 is 2.22 bits per heavy atom. The average molecular weight is 271 g/mol. The van der Waals surface area contributed by atoms with Crippen molar-refractivity contribution in [3.05, 3.63) is 29.8 Å². The molecule has 0 aromatic heterocycles. The fourth-order valence-electron chi connectivity index (χ4n) is 2.23.